The Balaban J connectivity index is 0.00000149. The topological polar surface area (TPSA) is 94.3 Å². The van der Waals surface area contributed by atoms with Gasteiger partial charge in [-0.3, -0.25) is 9.78 Å². The Labute approximate surface area is 191 Å². The highest BCUT2D eigenvalue weighted by molar-refractivity contribution is 6.07. The maximum absolute atomic E-state index is 14.9. The standard InChI is InChI=1S/C24H18FN3O3.C2H6/c1-31-24(30)19-13-27-21-12-20(25)17(14-7-9-15(10-8-14)23(26)29)11-18(21)22(19)28-16-5-3-2-4-6-16;1-2/h2-13H,1H3,(H2,26,29)(H,27,28);1-2H3. The highest BCUT2D eigenvalue weighted by atomic mass is 19.1. The van der Waals surface area contributed by atoms with E-state index < -0.39 is 17.7 Å². The van der Waals surface area contributed by atoms with Crippen LogP contribution in [-0.4, -0.2) is 24.0 Å². The van der Waals surface area contributed by atoms with Crippen molar-refractivity contribution < 1.29 is 18.7 Å². The smallest absolute Gasteiger partial charge is 0.341 e. The molecule has 0 aliphatic carbocycles. The Kier molecular flexibility index (Phi) is 7.35. The Morgan fingerprint density at radius 2 is 1.67 bits per heavy atom. The number of nitrogens with two attached hydrogens (primary N) is 1. The summed E-state index contributed by atoms with van der Waals surface area (Å²) >= 11 is 0. The molecule has 4 aromatic rings. The predicted octanol–water partition coefficient (Wildman–Crippen LogP) is 5.70. The fourth-order valence-electron chi connectivity index (χ4n) is 3.31. The van der Waals surface area contributed by atoms with Crippen molar-refractivity contribution >= 4 is 34.2 Å². The fourth-order valence-corrected chi connectivity index (χ4v) is 3.31. The molecule has 33 heavy (non-hydrogen) atoms. The molecule has 4 rings (SSSR count). The minimum Gasteiger partial charge on any atom is -0.465 e. The van der Waals surface area contributed by atoms with Gasteiger partial charge >= 0.3 is 5.97 Å². The second-order valence-corrected chi connectivity index (χ2v) is 6.82. The molecule has 0 spiro atoms. The van der Waals surface area contributed by atoms with Crippen molar-refractivity contribution in [1.29, 1.82) is 0 Å². The molecule has 3 N–H and O–H groups in total. The molecule has 1 aromatic heterocycles. The van der Waals surface area contributed by atoms with E-state index in [1.165, 1.54) is 31.5 Å². The van der Waals surface area contributed by atoms with Gasteiger partial charge < -0.3 is 15.8 Å². The first-order valence-electron chi connectivity index (χ1n) is 10.4. The van der Waals surface area contributed by atoms with Gasteiger partial charge in [-0.15, -0.1) is 0 Å². The molecule has 0 aliphatic heterocycles. The molecule has 0 saturated carbocycles. The quantitative estimate of drug-likeness (QED) is 0.385. The van der Waals surface area contributed by atoms with Gasteiger partial charge in [-0.05, 0) is 35.9 Å². The average Bonchev–Trinajstić information content (AvgIpc) is 2.85. The molecular formula is C26H24FN3O3. The lowest BCUT2D eigenvalue weighted by atomic mass is 9.99. The van der Waals surface area contributed by atoms with Crippen LogP contribution in [0.5, 0.6) is 0 Å². The number of primary amides is 1. The zero-order chi connectivity index (χ0) is 24.0. The van der Waals surface area contributed by atoms with Crippen molar-refractivity contribution in [3.8, 4) is 11.1 Å². The van der Waals surface area contributed by atoms with Crippen molar-refractivity contribution in [2.24, 2.45) is 5.73 Å². The number of para-hydroxylation sites is 1. The molecular weight excluding hydrogens is 421 g/mol. The van der Waals surface area contributed by atoms with Gasteiger partial charge in [-0.25, -0.2) is 9.18 Å². The highest BCUT2D eigenvalue weighted by Gasteiger charge is 2.19. The van der Waals surface area contributed by atoms with E-state index in [0.29, 0.717) is 33.3 Å². The van der Waals surface area contributed by atoms with Gasteiger partial charge in [0.15, 0.2) is 0 Å². The van der Waals surface area contributed by atoms with Crippen LogP contribution in [0.2, 0.25) is 0 Å². The van der Waals surface area contributed by atoms with Gasteiger partial charge in [0, 0.05) is 34.5 Å². The summed E-state index contributed by atoms with van der Waals surface area (Å²) in [5, 5.41) is 3.77. The Morgan fingerprint density at radius 3 is 2.27 bits per heavy atom. The van der Waals surface area contributed by atoms with E-state index in [0.717, 1.165) is 5.69 Å². The van der Waals surface area contributed by atoms with Crippen molar-refractivity contribution in [3.05, 3.63) is 89.9 Å². The molecule has 0 aliphatic rings. The van der Waals surface area contributed by atoms with Crippen molar-refractivity contribution in [1.82, 2.24) is 4.98 Å². The number of anilines is 2. The minimum atomic E-state index is -0.565. The average molecular weight is 445 g/mol. The van der Waals surface area contributed by atoms with E-state index in [1.807, 2.05) is 44.2 Å². The molecule has 6 nitrogen and oxygen atoms in total. The number of nitrogens with one attached hydrogen (secondary N) is 1. The third kappa shape index (κ3) is 4.98. The third-order valence-corrected chi connectivity index (χ3v) is 4.89. The minimum absolute atomic E-state index is 0.223. The van der Waals surface area contributed by atoms with Crippen LogP contribution >= 0.6 is 0 Å². The number of nitrogens with zero attached hydrogens (tertiary/aromatic N) is 1. The number of esters is 1. The Morgan fingerprint density at radius 1 is 1.00 bits per heavy atom. The number of hydrogen-bond donors (Lipinski definition) is 2. The van der Waals surface area contributed by atoms with Crippen LogP contribution in [0.3, 0.4) is 0 Å². The van der Waals surface area contributed by atoms with E-state index in [4.69, 9.17) is 10.5 Å². The number of halogens is 1. The maximum atomic E-state index is 14.9. The highest BCUT2D eigenvalue weighted by Crippen LogP contribution is 2.34. The van der Waals surface area contributed by atoms with Crippen LogP contribution in [0.25, 0.3) is 22.0 Å². The molecule has 0 bridgehead atoms. The molecule has 0 fully saturated rings. The van der Waals surface area contributed by atoms with Crippen molar-refractivity contribution in [2.45, 2.75) is 13.8 Å². The molecule has 1 amide bonds. The lowest BCUT2D eigenvalue weighted by molar-refractivity contribution is 0.0601. The Hall–Kier alpha value is -4.26. The van der Waals surface area contributed by atoms with Gasteiger partial charge in [-0.2, -0.15) is 0 Å². The summed E-state index contributed by atoms with van der Waals surface area (Å²) in [5.74, 6) is -1.61. The SMILES string of the molecule is CC.COC(=O)c1cnc2cc(F)c(-c3ccc(C(N)=O)cc3)cc2c1Nc1ccccc1. The van der Waals surface area contributed by atoms with E-state index in [1.54, 1.807) is 18.2 Å². The number of benzene rings is 3. The summed E-state index contributed by atoms with van der Waals surface area (Å²) in [7, 11) is 1.29. The number of carbonyl (C=O) groups is 2. The number of aromatic nitrogens is 1. The van der Waals surface area contributed by atoms with Crippen LogP contribution < -0.4 is 11.1 Å². The summed E-state index contributed by atoms with van der Waals surface area (Å²) in [6, 6.07) is 18.5. The molecule has 168 valence electrons. The van der Waals surface area contributed by atoms with E-state index in [2.05, 4.69) is 10.3 Å². The summed E-state index contributed by atoms with van der Waals surface area (Å²) in [4.78, 5) is 27.9. The third-order valence-electron chi connectivity index (χ3n) is 4.89. The van der Waals surface area contributed by atoms with Crippen LogP contribution in [-0.2, 0) is 4.74 Å². The molecule has 0 unspecified atom stereocenters. The second kappa shape index (κ2) is 10.4. The van der Waals surface area contributed by atoms with Crippen LogP contribution in [0.4, 0.5) is 15.8 Å². The molecule has 7 heteroatoms. The number of rotatable bonds is 5. The number of ether oxygens (including phenoxy) is 1. The van der Waals surface area contributed by atoms with Gasteiger partial charge in [0.25, 0.3) is 0 Å². The first-order chi connectivity index (χ1) is 16.0. The lowest BCUT2D eigenvalue weighted by Gasteiger charge is -2.15. The van der Waals surface area contributed by atoms with Crippen molar-refractivity contribution in [2.75, 3.05) is 12.4 Å². The fraction of sp³-hybridized carbons (Fsp3) is 0.115. The summed E-state index contributed by atoms with van der Waals surface area (Å²) in [5.41, 5.74) is 8.26. The predicted molar refractivity (Wildman–Crippen MR) is 128 cm³/mol. The lowest BCUT2D eigenvalue weighted by Crippen LogP contribution is -2.10. The monoisotopic (exact) mass is 445 g/mol. The van der Waals surface area contributed by atoms with Gasteiger partial charge in [0.05, 0.1) is 18.3 Å². The maximum Gasteiger partial charge on any atom is 0.341 e. The molecule has 0 atom stereocenters. The summed E-state index contributed by atoms with van der Waals surface area (Å²) < 4.78 is 19.8. The van der Waals surface area contributed by atoms with E-state index in [9.17, 15) is 14.0 Å². The molecule has 1 heterocycles. The van der Waals surface area contributed by atoms with Gasteiger partial charge in [-0.1, -0.05) is 44.2 Å². The number of carbonyl (C=O) groups excluding carboxylic acids is 2. The summed E-state index contributed by atoms with van der Waals surface area (Å²) in [6.07, 6.45) is 1.36. The second-order valence-electron chi connectivity index (χ2n) is 6.82. The van der Waals surface area contributed by atoms with Crippen molar-refractivity contribution in [3.63, 3.8) is 0 Å². The van der Waals surface area contributed by atoms with Crippen LogP contribution in [0, 0.1) is 5.82 Å². The molecule has 0 radical (unpaired) electrons. The number of pyridine rings is 1. The van der Waals surface area contributed by atoms with E-state index >= 15 is 0 Å². The van der Waals surface area contributed by atoms with E-state index in [-0.39, 0.29) is 5.56 Å². The van der Waals surface area contributed by atoms with Crippen LogP contribution in [0.15, 0.2) is 72.9 Å². The van der Waals surface area contributed by atoms with Gasteiger partial charge in [0.2, 0.25) is 5.91 Å². The zero-order valence-corrected chi connectivity index (χ0v) is 18.6. The first-order valence-corrected chi connectivity index (χ1v) is 10.4. The number of hydrogen-bond acceptors (Lipinski definition) is 5. The first kappa shape index (κ1) is 23.4. The molecule has 3 aromatic carbocycles. The van der Waals surface area contributed by atoms with Crippen LogP contribution in [0.1, 0.15) is 34.6 Å². The number of amides is 1. The largest absolute Gasteiger partial charge is 0.465 e. The number of methoxy groups -OCH3 is 1. The zero-order valence-electron chi connectivity index (χ0n) is 18.6. The normalized spacial score (nSPS) is 10.2. The van der Waals surface area contributed by atoms with Gasteiger partial charge in [0.1, 0.15) is 11.4 Å². The number of fused-ring (bicyclic) bond motifs is 1. The molecule has 0 saturated heterocycles. The summed E-state index contributed by atoms with van der Waals surface area (Å²) in [6.45, 7) is 4.00. The Bertz CT molecular complexity index is 1290.